The van der Waals surface area contributed by atoms with Gasteiger partial charge in [-0.2, -0.15) is 16.9 Å². The molecule has 104 valence electrons. The van der Waals surface area contributed by atoms with Gasteiger partial charge < -0.3 is 5.32 Å². The molecule has 1 fully saturated rings. The molecule has 1 unspecified atom stereocenters. The molecule has 1 aliphatic rings. The second-order valence-corrected chi connectivity index (χ2v) is 6.15. The van der Waals surface area contributed by atoms with Crippen molar-refractivity contribution in [1.29, 1.82) is 0 Å². The van der Waals surface area contributed by atoms with E-state index in [9.17, 15) is 4.79 Å². The van der Waals surface area contributed by atoms with Crippen molar-refractivity contribution in [2.45, 2.75) is 18.1 Å². The smallest absolute Gasteiger partial charge is 0.269 e. The zero-order chi connectivity index (χ0) is 13.8. The molecule has 0 saturated carbocycles. The summed E-state index contributed by atoms with van der Waals surface area (Å²) in [5, 5.41) is 10.3. The van der Waals surface area contributed by atoms with E-state index >= 15 is 0 Å². The molecule has 0 bridgehead atoms. The molecule has 2 N–H and O–H groups in total. The predicted octanol–water partition coefficient (Wildman–Crippen LogP) is 2.10. The quantitative estimate of drug-likeness (QED) is 0.904. The third-order valence-electron chi connectivity index (χ3n) is 3.37. The number of hydrogen-bond acceptors (Lipinski definition) is 4. The maximum atomic E-state index is 12.2. The largest absolute Gasteiger partial charge is 0.350 e. The molecule has 1 atom stereocenters. The summed E-state index contributed by atoms with van der Waals surface area (Å²) in [6, 6.07) is 3.74. The van der Waals surface area contributed by atoms with Crippen molar-refractivity contribution in [3.63, 3.8) is 0 Å². The van der Waals surface area contributed by atoms with Crippen LogP contribution in [0.25, 0.3) is 11.1 Å². The molecule has 6 heteroatoms. The molecule has 0 aromatic carbocycles. The van der Waals surface area contributed by atoms with Crippen molar-refractivity contribution in [2.24, 2.45) is 0 Å². The Labute approximate surface area is 121 Å². The van der Waals surface area contributed by atoms with Crippen LogP contribution in [-0.4, -0.2) is 38.6 Å². The molecule has 3 rings (SSSR count). The first-order chi connectivity index (χ1) is 9.84. The van der Waals surface area contributed by atoms with Crippen molar-refractivity contribution in [2.75, 3.05) is 12.3 Å². The Hall–Kier alpha value is -1.82. The Bertz CT molecular complexity index is 578. The second-order valence-electron chi connectivity index (χ2n) is 4.74. The van der Waals surface area contributed by atoms with Gasteiger partial charge in [-0.15, -0.1) is 0 Å². The number of aromatic nitrogens is 3. The van der Waals surface area contributed by atoms with Gasteiger partial charge in [-0.1, -0.05) is 0 Å². The summed E-state index contributed by atoms with van der Waals surface area (Å²) >= 11 is 1.93. The van der Waals surface area contributed by atoms with Gasteiger partial charge in [-0.25, -0.2) is 0 Å². The van der Waals surface area contributed by atoms with E-state index < -0.39 is 0 Å². The van der Waals surface area contributed by atoms with Crippen LogP contribution in [0, 0.1) is 0 Å². The van der Waals surface area contributed by atoms with Gasteiger partial charge in [0.05, 0.1) is 6.20 Å². The summed E-state index contributed by atoms with van der Waals surface area (Å²) in [5.41, 5.74) is 2.26. The number of carbonyl (C=O) groups excluding carboxylic acids is 1. The van der Waals surface area contributed by atoms with Crippen molar-refractivity contribution < 1.29 is 4.79 Å². The molecule has 2 aromatic rings. The number of hydrogen-bond donors (Lipinski definition) is 2. The number of H-pyrrole nitrogens is 1. The molecule has 1 aliphatic heterocycles. The predicted molar refractivity (Wildman–Crippen MR) is 79.6 cm³/mol. The Morgan fingerprint density at radius 2 is 2.30 bits per heavy atom. The van der Waals surface area contributed by atoms with E-state index in [1.165, 1.54) is 18.6 Å². The van der Waals surface area contributed by atoms with Crippen molar-refractivity contribution in [3.05, 3.63) is 36.4 Å². The van der Waals surface area contributed by atoms with Crippen LogP contribution in [-0.2, 0) is 0 Å². The molecule has 0 aliphatic carbocycles. The van der Waals surface area contributed by atoms with Crippen LogP contribution in [0.2, 0.25) is 0 Å². The van der Waals surface area contributed by atoms with Gasteiger partial charge in [0.15, 0.2) is 0 Å². The Balaban J connectivity index is 1.70. The zero-order valence-corrected chi connectivity index (χ0v) is 11.8. The standard InChI is InChI=1S/C14H16N4OS/c19-14(16-8-11-2-1-7-20-11)13-12(9-17-18-13)10-3-5-15-6-4-10/h3-6,9,11H,1-2,7-8H2,(H,16,19)(H,17,18). The van der Waals surface area contributed by atoms with E-state index in [1.54, 1.807) is 18.6 Å². The zero-order valence-electron chi connectivity index (χ0n) is 11.0. The van der Waals surface area contributed by atoms with Crippen LogP contribution < -0.4 is 5.32 Å². The van der Waals surface area contributed by atoms with Gasteiger partial charge >= 0.3 is 0 Å². The van der Waals surface area contributed by atoms with Crippen molar-refractivity contribution >= 4 is 17.7 Å². The number of nitrogens with zero attached hydrogens (tertiary/aromatic N) is 2. The average molecular weight is 288 g/mol. The molecule has 1 amide bonds. The summed E-state index contributed by atoms with van der Waals surface area (Å²) in [4.78, 5) is 16.2. The summed E-state index contributed by atoms with van der Waals surface area (Å²) in [6.45, 7) is 0.721. The minimum absolute atomic E-state index is 0.0955. The highest BCUT2D eigenvalue weighted by atomic mass is 32.2. The van der Waals surface area contributed by atoms with E-state index in [0.29, 0.717) is 10.9 Å². The maximum Gasteiger partial charge on any atom is 0.269 e. The number of aromatic amines is 1. The lowest BCUT2D eigenvalue weighted by molar-refractivity contribution is 0.0949. The van der Waals surface area contributed by atoms with E-state index in [0.717, 1.165) is 17.7 Å². The lowest BCUT2D eigenvalue weighted by Crippen LogP contribution is -2.30. The first kappa shape index (κ1) is 13.2. The minimum atomic E-state index is -0.0955. The third-order valence-corrected chi connectivity index (χ3v) is 4.77. The van der Waals surface area contributed by atoms with Crippen LogP contribution >= 0.6 is 11.8 Å². The van der Waals surface area contributed by atoms with Crippen LogP contribution in [0.3, 0.4) is 0 Å². The Morgan fingerprint density at radius 3 is 3.05 bits per heavy atom. The molecule has 0 radical (unpaired) electrons. The number of rotatable bonds is 4. The van der Waals surface area contributed by atoms with Crippen LogP contribution in [0.4, 0.5) is 0 Å². The molecule has 2 aromatic heterocycles. The van der Waals surface area contributed by atoms with Crippen LogP contribution in [0.1, 0.15) is 23.3 Å². The summed E-state index contributed by atoms with van der Waals surface area (Å²) < 4.78 is 0. The fraction of sp³-hybridized carbons (Fsp3) is 0.357. The molecule has 1 saturated heterocycles. The Kier molecular flexibility index (Phi) is 4.01. The highest BCUT2D eigenvalue weighted by molar-refractivity contribution is 8.00. The van der Waals surface area contributed by atoms with E-state index in [2.05, 4.69) is 20.5 Å². The molecule has 0 spiro atoms. The maximum absolute atomic E-state index is 12.2. The summed E-state index contributed by atoms with van der Waals surface area (Å²) in [7, 11) is 0. The van der Waals surface area contributed by atoms with Gasteiger partial charge in [0.2, 0.25) is 0 Å². The fourth-order valence-electron chi connectivity index (χ4n) is 2.31. The summed E-state index contributed by atoms with van der Waals surface area (Å²) in [5.74, 6) is 1.11. The first-order valence-electron chi connectivity index (χ1n) is 6.68. The second kappa shape index (κ2) is 6.09. The first-order valence-corrected chi connectivity index (χ1v) is 7.73. The van der Waals surface area contributed by atoms with Crippen molar-refractivity contribution in [3.8, 4) is 11.1 Å². The number of carbonyl (C=O) groups is 1. The lowest BCUT2D eigenvalue weighted by Gasteiger charge is -2.10. The summed E-state index contributed by atoms with van der Waals surface area (Å²) in [6.07, 6.45) is 7.52. The molecular weight excluding hydrogens is 272 g/mol. The topological polar surface area (TPSA) is 70.7 Å². The Morgan fingerprint density at radius 1 is 1.45 bits per heavy atom. The normalized spacial score (nSPS) is 18.1. The SMILES string of the molecule is O=C(NCC1CCCS1)c1[nH]ncc1-c1ccncc1. The highest BCUT2D eigenvalue weighted by Gasteiger charge is 2.19. The van der Waals surface area contributed by atoms with Gasteiger partial charge in [0, 0.05) is 29.8 Å². The van der Waals surface area contributed by atoms with Gasteiger partial charge in [0.25, 0.3) is 5.91 Å². The van der Waals surface area contributed by atoms with Gasteiger partial charge in [0.1, 0.15) is 5.69 Å². The number of amides is 1. The number of nitrogens with one attached hydrogen (secondary N) is 2. The molecule has 5 nitrogen and oxygen atoms in total. The van der Waals surface area contributed by atoms with Crippen LogP contribution in [0.5, 0.6) is 0 Å². The number of thioether (sulfide) groups is 1. The van der Waals surface area contributed by atoms with Crippen molar-refractivity contribution in [1.82, 2.24) is 20.5 Å². The third kappa shape index (κ3) is 2.85. The molecule has 20 heavy (non-hydrogen) atoms. The molecular formula is C14H16N4OS. The lowest BCUT2D eigenvalue weighted by atomic mass is 10.1. The van der Waals surface area contributed by atoms with Gasteiger partial charge in [-0.05, 0) is 36.3 Å². The van der Waals surface area contributed by atoms with E-state index in [1.807, 2.05) is 23.9 Å². The fourth-order valence-corrected chi connectivity index (χ4v) is 3.51. The average Bonchev–Trinajstić information content (AvgIpc) is 3.17. The minimum Gasteiger partial charge on any atom is -0.350 e. The van der Waals surface area contributed by atoms with Gasteiger partial charge in [-0.3, -0.25) is 14.9 Å². The number of pyridine rings is 1. The molecule has 3 heterocycles. The van der Waals surface area contributed by atoms with Crippen LogP contribution in [0.15, 0.2) is 30.7 Å². The monoisotopic (exact) mass is 288 g/mol. The highest BCUT2D eigenvalue weighted by Crippen LogP contribution is 2.25. The van der Waals surface area contributed by atoms with E-state index in [4.69, 9.17) is 0 Å². The van der Waals surface area contributed by atoms with E-state index in [-0.39, 0.29) is 5.91 Å².